The van der Waals surface area contributed by atoms with Crippen molar-refractivity contribution >= 4 is 17.6 Å². The molecule has 3 aromatic carbocycles. The SMILES string of the molecule is COc1cc2c(cc1OC)[C@H](c1ccc(F)cc1)N(C(=O)N[C@@H](C)C(=O)Nc1ccccc1F)CC2. The molecule has 3 aromatic rings. The fourth-order valence-electron chi connectivity index (χ4n) is 4.31. The number of para-hydroxylation sites is 1. The summed E-state index contributed by atoms with van der Waals surface area (Å²) in [7, 11) is 3.08. The maximum Gasteiger partial charge on any atom is 0.318 e. The molecule has 3 amide bonds. The summed E-state index contributed by atoms with van der Waals surface area (Å²) in [5.41, 5.74) is 2.50. The standard InChI is InChI=1S/C27H27F2N3O4/c1-16(26(33)31-22-7-5-4-6-21(22)29)30-27(34)32-13-12-18-14-23(35-2)24(36-3)15-20(18)25(32)17-8-10-19(28)11-9-17/h4-11,14-16,25H,12-13H2,1-3H3,(H,30,34)(H,31,33)/t16-,25-/m0/s1. The van der Waals surface area contributed by atoms with Gasteiger partial charge in [0.1, 0.15) is 17.7 Å². The molecule has 0 spiro atoms. The van der Waals surface area contributed by atoms with Crippen molar-refractivity contribution in [1.29, 1.82) is 0 Å². The molecule has 0 saturated heterocycles. The molecule has 188 valence electrons. The number of rotatable bonds is 6. The van der Waals surface area contributed by atoms with Crippen molar-refractivity contribution in [2.45, 2.75) is 25.4 Å². The van der Waals surface area contributed by atoms with Crippen molar-refractivity contribution in [2.75, 3.05) is 26.1 Å². The van der Waals surface area contributed by atoms with Gasteiger partial charge in [0.15, 0.2) is 11.5 Å². The first-order chi connectivity index (χ1) is 17.3. The first-order valence-corrected chi connectivity index (χ1v) is 11.4. The number of halogens is 2. The first-order valence-electron chi connectivity index (χ1n) is 11.4. The largest absolute Gasteiger partial charge is 0.493 e. The highest BCUT2D eigenvalue weighted by molar-refractivity contribution is 5.96. The molecule has 9 heteroatoms. The Morgan fingerprint density at radius 3 is 2.33 bits per heavy atom. The predicted octanol–water partition coefficient (Wildman–Crippen LogP) is 4.67. The molecular formula is C27H27F2N3O4. The fourth-order valence-corrected chi connectivity index (χ4v) is 4.31. The van der Waals surface area contributed by atoms with Crippen molar-refractivity contribution in [1.82, 2.24) is 10.2 Å². The maximum atomic E-state index is 13.9. The van der Waals surface area contributed by atoms with Gasteiger partial charge >= 0.3 is 6.03 Å². The summed E-state index contributed by atoms with van der Waals surface area (Å²) in [4.78, 5) is 27.6. The predicted molar refractivity (Wildman–Crippen MR) is 131 cm³/mol. The van der Waals surface area contributed by atoms with Crippen LogP contribution in [-0.2, 0) is 11.2 Å². The highest BCUT2D eigenvalue weighted by Crippen LogP contribution is 2.41. The summed E-state index contributed by atoms with van der Waals surface area (Å²) >= 11 is 0. The van der Waals surface area contributed by atoms with Gasteiger partial charge in [0.25, 0.3) is 0 Å². The monoisotopic (exact) mass is 495 g/mol. The lowest BCUT2D eigenvalue weighted by molar-refractivity contribution is -0.117. The van der Waals surface area contributed by atoms with Gasteiger partial charge in [0.05, 0.1) is 25.9 Å². The van der Waals surface area contributed by atoms with E-state index in [9.17, 15) is 18.4 Å². The Balaban J connectivity index is 1.62. The van der Waals surface area contributed by atoms with Crippen LogP contribution in [0.5, 0.6) is 11.5 Å². The number of methoxy groups -OCH3 is 2. The van der Waals surface area contributed by atoms with Crippen molar-refractivity contribution in [2.24, 2.45) is 0 Å². The zero-order valence-electron chi connectivity index (χ0n) is 20.2. The minimum atomic E-state index is -0.947. The highest BCUT2D eigenvalue weighted by atomic mass is 19.1. The summed E-state index contributed by atoms with van der Waals surface area (Å²) in [5.74, 6) is -0.446. The Bertz CT molecular complexity index is 1270. The number of hydrogen-bond acceptors (Lipinski definition) is 4. The lowest BCUT2D eigenvalue weighted by Gasteiger charge is -2.38. The summed E-state index contributed by atoms with van der Waals surface area (Å²) in [6.45, 7) is 1.87. The zero-order valence-corrected chi connectivity index (χ0v) is 20.2. The van der Waals surface area contributed by atoms with Gasteiger partial charge < -0.3 is 25.0 Å². The van der Waals surface area contributed by atoms with E-state index < -0.39 is 35.7 Å². The Morgan fingerprint density at radius 2 is 1.67 bits per heavy atom. The van der Waals surface area contributed by atoms with Gasteiger partial charge in [-0.05, 0) is 66.4 Å². The third kappa shape index (κ3) is 5.10. The van der Waals surface area contributed by atoms with Gasteiger partial charge in [-0.3, -0.25) is 4.79 Å². The Morgan fingerprint density at radius 1 is 1.00 bits per heavy atom. The Kier molecular flexibility index (Phi) is 7.38. The van der Waals surface area contributed by atoms with Crippen LogP contribution >= 0.6 is 0 Å². The second-order valence-electron chi connectivity index (χ2n) is 8.44. The van der Waals surface area contributed by atoms with Crippen LogP contribution in [0, 0.1) is 11.6 Å². The lowest BCUT2D eigenvalue weighted by atomic mass is 9.88. The number of ether oxygens (including phenoxy) is 2. The van der Waals surface area contributed by atoms with Crippen molar-refractivity contribution in [3.8, 4) is 11.5 Å². The van der Waals surface area contributed by atoms with Crippen LogP contribution in [0.4, 0.5) is 19.3 Å². The van der Waals surface area contributed by atoms with Gasteiger partial charge in [-0.2, -0.15) is 0 Å². The van der Waals surface area contributed by atoms with Crippen molar-refractivity contribution in [3.05, 3.63) is 89.0 Å². The van der Waals surface area contributed by atoms with Gasteiger partial charge in [-0.25, -0.2) is 13.6 Å². The number of carbonyl (C=O) groups excluding carboxylic acids is 2. The van der Waals surface area contributed by atoms with Crippen LogP contribution < -0.4 is 20.1 Å². The van der Waals surface area contributed by atoms with E-state index in [0.29, 0.717) is 30.0 Å². The van der Waals surface area contributed by atoms with Crippen molar-refractivity contribution < 1.29 is 27.8 Å². The number of amides is 3. The molecule has 0 unspecified atom stereocenters. The fraction of sp³-hybridized carbons (Fsp3) is 0.259. The molecule has 7 nitrogen and oxygen atoms in total. The van der Waals surface area contributed by atoms with Crippen molar-refractivity contribution in [3.63, 3.8) is 0 Å². The van der Waals surface area contributed by atoms with E-state index in [1.807, 2.05) is 12.1 Å². The van der Waals surface area contributed by atoms with Gasteiger partial charge in [0, 0.05) is 6.54 Å². The maximum absolute atomic E-state index is 13.9. The van der Waals surface area contributed by atoms with Crippen LogP contribution in [0.3, 0.4) is 0 Å². The van der Waals surface area contributed by atoms with E-state index in [0.717, 1.165) is 11.1 Å². The topological polar surface area (TPSA) is 79.9 Å². The molecule has 0 aliphatic carbocycles. The van der Waals surface area contributed by atoms with Gasteiger partial charge in [0.2, 0.25) is 5.91 Å². The summed E-state index contributed by atoms with van der Waals surface area (Å²) in [5, 5.41) is 5.20. The second kappa shape index (κ2) is 10.6. The molecule has 4 rings (SSSR count). The van der Waals surface area contributed by atoms with Crippen LogP contribution in [0.15, 0.2) is 60.7 Å². The molecule has 0 bridgehead atoms. The summed E-state index contributed by atoms with van der Waals surface area (Å²) in [6, 6.07) is 13.4. The smallest absolute Gasteiger partial charge is 0.318 e. The van der Waals surface area contributed by atoms with E-state index in [1.165, 1.54) is 44.4 Å². The first kappa shape index (κ1) is 25.0. The molecule has 1 aliphatic rings. The van der Waals surface area contributed by atoms with Crippen LogP contribution in [0.25, 0.3) is 0 Å². The normalized spacial score (nSPS) is 15.5. The quantitative estimate of drug-likeness (QED) is 0.521. The number of hydrogen-bond donors (Lipinski definition) is 2. The molecule has 0 saturated carbocycles. The number of benzene rings is 3. The molecule has 0 fully saturated rings. The number of anilines is 1. The zero-order chi connectivity index (χ0) is 25.8. The van der Waals surface area contributed by atoms with Crippen LogP contribution in [-0.4, -0.2) is 43.6 Å². The number of fused-ring (bicyclic) bond motifs is 1. The van der Waals surface area contributed by atoms with Gasteiger partial charge in [-0.1, -0.05) is 24.3 Å². The Hall–Kier alpha value is -4.14. The molecule has 0 aromatic heterocycles. The summed E-state index contributed by atoms with van der Waals surface area (Å²) < 4.78 is 38.5. The molecule has 2 atom stereocenters. The van der Waals surface area contributed by atoms with Crippen LogP contribution in [0.1, 0.15) is 29.7 Å². The molecule has 0 radical (unpaired) electrons. The highest BCUT2D eigenvalue weighted by Gasteiger charge is 2.34. The number of nitrogens with one attached hydrogen (secondary N) is 2. The third-order valence-corrected chi connectivity index (χ3v) is 6.19. The molecular weight excluding hydrogens is 468 g/mol. The van der Waals surface area contributed by atoms with E-state index in [4.69, 9.17) is 9.47 Å². The molecule has 36 heavy (non-hydrogen) atoms. The number of nitrogens with zero attached hydrogens (tertiary/aromatic N) is 1. The lowest BCUT2D eigenvalue weighted by Crippen LogP contribution is -2.51. The third-order valence-electron chi connectivity index (χ3n) is 6.19. The van der Waals surface area contributed by atoms with Crippen LogP contribution in [0.2, 0.25) is 0 Å². The van der Waals surface area contributed by atoms with E-state index in [-0.39, 0.29) is 5.69 Å². The minimum Gasteiger partial charge on any atom is -0.493 e. The average Bonchev–Trinajstić information content (AvgIpc) is 2.88. The number of urea groups is 1. The van der Waals surface area contributed by atoms with Gasteiger partial charge in [-0.15, -0.1) is 0 Å². The second-order valence-corrected chi connectivity index (χ2v) is 8.44. The number of carbonyl (C=O) groups is 2. The Labute approximate surface area is 208 Å². The molecule has 2 N–H and O–H groups in total. The summed E-state index contributed by atoms with van der Waals surface area (Å²) in [6.07, 6.45) is 0.538. The van der Waals surface area contributed by atoms with E-state index in [2.05, 4.69) is 10.6 Å². The van der Waals surface area contributed by atoms with E-state index >= 15 is 0 Å². The minimum absolute atomic E-state index is 0.0285. The average molecular weight is 496 g/mol. The molecule has 1 aliphatic heterocycles. The molecule has 1 heterocycles. The van der Waals surface area contributed by atoms with E-state index in [1.54, 1.807) is 30.2 Å².